The Labute approximate surface area is 129 Å². The average Bonchev–Trinajstić information content (AvgIpc) is 2.81. The Balaban J connectivity index is 1.98. The molecule has 2 heterocycles. The molecule has 21 heavy (non-hydrogen) atoms. The smallest absolute Gasteiger partial charge is 0.180 e. The van der Waals surface area contributed by atoms with Crippen molar-refractivity contribution in [2.75, 3.05) is 5.73 Å². The van der Waals surface area contributed by atoms with Crippen LogP contribution in [-0.4, -0.2) is 4.98 Å². The van der Waals surface area contributed by atoms with Crippen LogP contribution < -0.4 is 10.5 Å². The van der Waals surface area contributed by atoms with Crippen molar-refractivity contribution >= 4 is 16.5 Å². The molecule has 3 nitrogen and oxygen atoms in total. The van der Waals surface area contributed by atoms with Crippen LogP contribution in [-0.2, 0) is 5.60 Å². The lowest BCUT2D eigenvalue weighted by molar-refractivity contribution is 0.0272. The molecule has 4 rings (SSSR count). The molecular formula is C17H20N2OS. The van der Waals surface area contributed by atoms with Crippen molar-refractivity contribution in [1.29, 1.82) is 0 Å². The number of ether oxygens (including phenoxy) is 1. The summed E-state index contributed by atoms with van der Waals surface area (Å²) in [4.78, 5) is 5.90. The standard InChI is InChI=1S/C17H20N2OS/c1-10-8-11(2)13-12(9-10)20-17(6-4-3-5-7-17)15-14(13)19-16(18)21-15/h8-9H,3-7H2,1-2H3,(H2,18,19). The number of aryl methyl sites for hydroxylation is 2. The van der Waals surface area contributed by atoms with Gasteiger partial charge in [-0.2, -0.15) is 0 Å². The summed E-state index contributed by atoms with van der Waals surface area (Å²) in [5.74, 6) is 0.993. The minimum atomic E-state index is -0.184. The molecule has 0 unspecified atom stereocenters. The Morgan fingerprint density at radius 3 is 2.71 bits per heavy atom. The van der Waals surface area contributed by atoms with Crippen molar-refractivity contribution in [2.24, 2.45) is 0 Å². The molecule has 1 aromatic heterocycles. The Morgan fingerprint density at radius 1 is 1.19 bits per heavy atom. The van der Waals surface area contributed by atoms with Crippen LogP contribution in [0.1, 0.15) is 48.1 Å². The second-order valence-corrected chi connectivity index (χ2v) is 7.37. The van der Waals surface area contributed by atoms with Gasteiger partial charge in [-0.3, -0.25) is 0 Å². The molecule has 110 valence electrons. The second kappa shape index (κ2) is 4.47. The summed E-state index contributed by atoms with van der Waals surface area (Å²) in [6.07, 6.45) is 5.89. The molecular weight excluding hydrogens is 280 g/mol. The van der Waals surface area contributed by atoms with E-state index in [0.29, 0.717) is 5.13 Å². The molecule has 1 fully saturated rings. The summed E-state index contributed by atoms with van der Waals surface area (Å²) in [7, 11) is 0. The van der Waals surface area contributed by atoms with Crippen molar-refractivity contribution < 1.29 is 4.74 Å². The number of thiazole rings is 1. The molecule has 2 aromatic rings. The van der Waals surface area contributed by atoms with Crippen LogP contribution >= 0.6 is 11.3 Å². The van der Waals surface area contributed by atoms with Crippen molar-refractivity contribution in [1.82, 2.24) is 4.98 Å². The van der Waals surface area contributed by atoms with E-state index in [1.165, 1.54) is 35.3 Å². The number of nitrogens with two attached hydrogens (primary N) is 1. The predicted molar refractivity (Wildman–Crippen MR) is 86.8 cm³/mol. The van der Waals surface area contributed by atoms with E-state index < -0.39 is 0 Å². The van der Waals surface area contributed by atoms with Crippen LogP contribution in [0.3, 0.4) is 0 Å². The fraction of sp³-hybridized carbons (Fsp3) is 0.471. The summed E-state index contributed by atoms with van der Waals surface area (Å²) in [6.45, 7) is 4.25. The molecule has 1 saturated carbocycles. The maximum atomic E-state index is 6.58. The number of aromatic nitrogens is 1. The van der Waals surface area contributed by atoms with Gasteiger partial charge in [-0.05, 0) is 56.7 Å². The van der Waals surface area contributed by atoms with E-state index in [0.717, 1.165) is 29.8 Å². The number of fused-ring (bicyclic) bond motifs is 4. The molecule has 2 aliphatic rings. The Kier molecular flexibility index (Phi) is 2.80. The van der Waals surface area contributed by atoms with Gasteiger partial charge in [0.15, 0.2) is 5.13 Å². The van der Waals surface area contributed by atoms with Gasteiger partial charge >= 0.3 is 0 Å². The highest BCUT2D eigenvalue weighted by molar-refractivity contribution is 7.16. The van der Waals surface area contributed by atoms with Gasteiger partial charge in [0.2, 0.25) is 0 Å². The van der Waals surface area contributed by atoms with Gasteiger partial charge in [-0.25, -0.2) is 4.98 Å². The molecule has 0 atom stereocenters. The zero-order valence-electron chi connectivity index (χ0n) is 12.5. The highest BCUT2D eigenvalue weighted by Crippen LogP contribution is 2.54. The minimum absolute atomic E-state index is 0.184. The third-order valence-corrected chi connectivity index (χ3v) is 5.77. The first kappa shape index (κ1) is 13.1. The van der Waals surface area contributed by atoms with Crippen LogP contribution in [0, 0.1) is 13.8 Å². The number of nitrogen functional groups attached to an aromatic ring is 1. The summed E-state index contributed by atoms with van der Waals surface area (Å²) < 4.78 is 6.58. The third-order valence-electron chi connectivity index (χ3n) is 4.70. The maximum absolute atomic E-state index is 6.58. The van der Waals surface area contributed by atoms with Gasteiger partial charge in [-0.15, -0.1) is 0 Å². The largest absolute Gasteiger partial charge is 0.481 e. The SMILES string of the molecule is Cc1cc(C)c2c(c1)OC1(CCCCC1)c1sc(N)nc1-2. The first-order chi connectivity index (χ1) is 10.1. The lowest BCUT2D eigenvalue weighted by atomic mass is 9.80. The number of benzene rings is 1. The molecule has 4 heteroatoms. The van der Waals surface area contributed by atoms with Gasteiger partial charge < -0.3 is 10.5 Å². The highest BCUT2D eigenvalue weighted by Gasteiger charge is 2.44. The van der Waals surface area contributed by atoms with Gasteiger partial charge in [0.25, 0.3) is 0 Å². The summed E-state index contributed by atoms with van der Waals surface area (Å²) in [6, 6.07) is 4.34. The van der Waals surface area contributed by atoms with Gasteiger partial charge in [0, 0.05) is 5.56 Å². The summed E-state index contributed by atoms with van der Waals surface area (Å²) in [5, 5.41) is 0.654. The summed E-state index contributed by atoms with van der Waals surface area (Å²) in [5.41, 5.74) is 10.5. The van der Waals surface area contributed by atoms with Gasteiger partial charge in [0.05, 0.1) is 10.6 Å². The van der Waals surface area contributed by atoms with E-state index in [4.69, 9.17) is 10.5 Å². The van der Waals surface area contributed by atoms with Crippen molar-refractivity contribution in [2.45, 2.75) is 51.6 Å². The second-order valence-electron chi connectivity index (χ2n) is 6.34. The lowest BCUT2D eigenvalue weighted by Crippen LogP contribution is -2.37. The lowest BCUT2D eigenvalue weighted by Gasteiger charge is -2.41. The van der Waals surface area contributed by atoms with E-state index in [2.05, 4.69) is 31.0 Å². The van der Waals surface area contributed by atoms with E-state index in [-0.39, 0.29) is 5.60 Å². The van der Waals surface area contributed by atoms with Gasteiger partial charge in [-0.1, -0.05) is 23.8 Å². The van der Waals surface area contributed by atoms with E-state index in [9.17, 15) is 0 Å². The molecule has 1 aliphatic carbocycles. The zero-order chi connectivity index (χ0) is 14.6. The monoisotopic (exact) mass is 300 g/mol. The number of nitrogens with zero attached hydrogens (tertiary/aromatic N) is 1. The van der Waals surface area contributed by atoms with Crippen LogP contribution in [0.2, 0.25) is 0 Å². The number of hydrogen-bond donors (Lipinski definition) is 1. The van der Waals surface area contributed by atoms with Crippen LogP contribution in [0.25, 0.3) is 11.3 Å². The zero-order valence-corrected chi connectivity index (χ0v) is 13.3. The van der Waals surface area contributed by atoms with Crippen molar-refractivity contribution in [3.8, 4) is 17.0 Å². The quantitative estimate of drug-likeness (QED) is 0.776. The normalized spacial score (nSPS) is 19.0. The molecule has 0 radical (unpaired) electrons. The number of anilines is 1. The number of rotatable bonds is 0. The fourth-order valence-corrected chi connectivity index (χ4v) is 4.86. The molecule has 0 saturated heterocycles. The van der Waals surface area contributed by atoms with Gasteiger partial charge in [0.1, 0.15) is 11.4 Å². The maximum Gasteiger partial charge on any atom is 0.180 e. The highest BCUT2D eigenvalue weighted by atomic mass is 32.1. The molecule has 0 bridgehead atoms. The van der Waals surface area contributed by atoms with Crippen LogP contribution in [0.4, 0.5) is 5.13 Å². The van der Waals surface area contributed by atoms with E-state index in [1.807, 2.05) is 0 Å². The minimum Gasteiger partial charge on any atom is -0.481 e. The first-order valence-corrected chi connectivity index (χ1v) is 8.48. The van der Waals surface area contributed by atoms with E-state index in [1.54, 1.807) is 11.3 Å². The van der Waals surface area contributed by atoms with Crippen LogP contribution in [0.15, 0.2) is 12.1 Å². The first-order valence-electron chi connectivity index (χ1n) is 7.66. The third kappa shape index (κ3) is 1.89. The van der Waals surface area contributed by atoms with Crippen LogP contribution in [0.5, 0.6) is 5.75 Å². The predicted octanol–water partition coefficient (Wildman–Crippen LogP) is 4.56. The Hall–Kier alpha value is -1.55. The van der Waals surface area contributed by atoms with Crippen molar-refractivity contribution in [3.63, 3.8) is 0 Å². The Morgan fingerprint density at radius 2 is 1.95 bits per heavy atom. The molecule has 2 N–H and O–H groups in total. The molecule has 0 amide bonds. The number of hydrogen-bond acceptors (Lipinski definition) is 4. The summed E-state index contributed by atoms with van der Waals surface area (Å²) >= 11 is 1.61. The topological polar surface area (TPSA) is 48.1 Å². The Bertz CT molecular complexity index is 714. The molecule has 1 aliphatic heterocycles. The molecule has 1 spiro atoms. The fourth-order valence-electron chi connectivity index (χ4n) is 3.84. The van der Waals surface area contributed by atoms with E-state index >= 15 is 0 Å². The average molecular weight is 300 g/mol. The van der Waals surface area contributed by atoms with Crippen molar-refractivity contribution in [3.05, 3.63) is 28.1 Å². The molecule has 1 aromatic carbocycles.